The molecule has 0 saturated carbocycles. The standard InChI is InChI=1S/C17H12O4/c1-20-16-12-9-5-6-10-13(12)21-17(19)14(16)15(18)11-7-3-2-4-8-11/h2-10H,1H3. The Labute approximate surface area is 120 Å². The first-order chi connectivity index (χ1) is 10.2. The third-order valence-electron chi connectivity index (χ3n) is 3.23. The highest BCUT2D eigenvalue weighted by molar-refractivity contribution is 6.12. The first-order valence-electron chi connectivity index (χ1n) is 6.42. The van der Waals surface area contributed by atoms with Gasteiger partial charge in [-0.15, -0.1) is 0 Å². The Bertz CT molecular complexity index is 863. The van der Waals surface area contributed by atoms with E-state index in [-0.39, 0.29) is 11.3 Å². The number of carbonyl (C=O) groups excluding carboxylic acids is 1. The lowest BCUT2D eigenvalue weighted by Gasteiger charge is -2.09. The van der Waals surface area contributed by atoms with Crippen LogP contribution < -0.4 is 10.4 Å². The summed E-state index contributed by atoms with van der Waals surface area (Å²) in [6.07, 6.45) is 0. The van der Waals surface area contributed by atoms with E-state index in [1.807, 2.05) is 0 Å². The molecule has 0 N–H and O–H groups in total. The first-order valence-corrected chi connectivity index (χ1v) is 6.42. The lowest BCUT2D eigenvalue weighted by atomic mass is 10.0. The Morgan fingerprint density at radius 1 is 1.00 bits per heavy atom. The minimum Gasteiger partial charge on any atom is -0.495 e. The van der Waals surface area contributed by atoms with Crippen molar-refractivity contribution < 1.29 is 13.9 Å². The molecule has 0 aliphatic heterocycles. The van der Waals surface area contributed by atoms with Gasteiger partial charge in [0.05, 0.1) is 12.5 Å². The van der Waals surface area contributed by atoms with Gasteiger partial charge in [0.2, 0.25) is 5.78 Å². The second-order valence-electron chi connectivity index (χ2n) is 4.49. The minimum atomic E-state index is -0.695. The number of hydrogen-bond donors (Lipinski definition) is 0. The molecule has 0 unspecified atom stereocenters. The number of rotatable bonds is 3. The molecule has 4 nitrogen and oxygen atoms in total. The van der Waals surface area contributed by atoms with Crippen LogP contribution in [0.15, 0.2) is 63.8 Å². The van der Waals surface area contributed by atoms with Crippen molar-refractivity contribution in [2.24, 2.45) is 0 Å². The number of fused-ring (bicyclic) bond motifs is 1. The summed E-state index contributed by atoms with van der Waals surface area (Å²) in [5, 5.41) is 0.596. The molecule has 0 saturated heterocycles. The van der Waals surface area contributed by atoms with E-state index in [1.54, 1.807) is 54.6 Å². The fourth-order valence-corrected chi connectivity index (χ4v) is 2.26. The minimum absolute atomic E-state index is 0.0811. The van der Waals surface area contributed by atoms with E-state index in [0.717, 1.165) is 0 Å². The van der Waals surface area contributed by atoms with Crippen molar-refractivity contribution in [3.8, 4) is 5.75 Å². The van der Waals surface area contributed by atoms with Gasteiger partial charge in [0, 0.05) is 5.56 Å². The van der Waals surface area contributed by atoms with Crippen molar-refractivity contribution in [3.05, 3.63) is 76.1 Å². The second kappa shape index (κ2) is 5.25. The molecule has 3 aromatic rings. The van der Waals surface area contributed by atoms with Crippen LogP contribution in [0.2, 0.25) is 0 Å². The van der Waals surface area contributed by atoms with Gasteiger partial charge in [0.15, 0.2) is 5.56 Å². The molecule has 21 heavy (non-hydrogen) atoms. The van der Waals surface area contributed by atoms with Gasteiger partial charge in [-0.3, -0.25) is 4.79 Å². The molecule has 0 atom stereocenters. The Hall–Kier alpha value is -2.88. The Morgan fingerprint density at radius 3 is 2.38 bits per heavy atom. The maximum absolute atomic E-state index is 12.6. The fourth-order valence-electron chi connectivity index (χ4n) is 2.26. The van der Waals surface area contributed by atoms with E-state index in [4.69, 9.17) is 9.15 Å². The van der Waals surface area contributed by atoms with Gasteiger partial charge in [0.1, 0.15) is 11.3 Å². The van der Waals surface area contributed by atoms with Crippen LogP contribution in [0.25, 0.3) is 11.0 Å². The SMILES string of the molecule is COc1c(C(=O)c2ccccc2)c(=O)oc2ccccc12. The summed E-state index contributed by atoms with van der Waals surface area (Å²) in [6, 6.07) is 15.5. The van der Waals surface area contributed by atoms with E-state index in [1.165, 1.54) is 7.11 Å². The van der Waals surface area contributed by atoms with Crippen LogP contribution in [0.5, 0.6) is 5.75 Å². The molecule has 0 aliphatic rings. The zero-order valence-electron chi connectivity index (χ0n) is 11.3. The van der Waals surface area contributed by atoms with E-state index in [0.29, 0.717) is 16.5 Å². The Balaban J connectivity index is 2.30. The van der Waals surface area contributed by atoms with E-state index in [9.17, 15) is 9.59 Å². The Morgan fingerprint density at radius 2 is 1.67 bits per heavy atom. The maximum atomic E-state index is 12.6. The highest BCUT2D eigenvalue weighted by Gasteiger charge is 2.22. The normalized spacial score (nSPS) is 10.5. The summed E-state index contributed by atoms with van der Waals surface area (Å²) in [5.74, 6) is -0.164. The number of para-hydroxylation sites is 1. The van der Waals surface area contributed by atoms with Crippen molar-refractivity contribution in [3.63, 3.8) is 0 Å². The van der Waals surface area contributed by atoms with Crippen molar-refractivity contribution in [2.75, 3.05) is 7.11 Å². The fraction of sp³-hybridized carbons (Fsp3) is 0.0588. The van der Waals surface area contributed by atoms with Crippen molar-refractivity contribution >= 4 is 16.8 Å². The van der Waals surface area contributed by atoms with Crippen molar-refractivity contribution in [1.82, 2.24) is 0 Å². The molecular weight excluding hydrogens is 268 g/mol. The van der Waals surface area contributed by atoms with Gasteiger partial charge in [-0.05, 0) is 12.1 Å². The summed E-state index contributed by atoms with van der Waals surface area (Å²) in [4.78, 5) is 24.7. The van der Waals surface area contributed by atoms with Crippen LogP contribution in [0.4, 0.5) is 0 Å². The van der Waals surface area contributed by atoms with E-state index >= 15 is 0 Å². The van der Waals surface area contributed by atoms with Crippen LogP contribution in [0.3, 0.4) is 0 Å². The van der Waals surface area contributed by atoms with Gasteiger partial charge < -0.3 is 9.15 Å². The number of carbonyl (C=O) groups is 1. The van der Waals surface area contributed by atoms with Crippen molar-refractivity contribution in [2.45, 2.75) is 0 Å². The van der Waals surface area contributed by atoms with Crippen LogP contribution in [0, 0.1) is 0 Å². The molecule has 0 fully saturated rings. The van der Waals surface area contributed by atoms with Crippen LogP contribution in [0.1, 0.15) is 15.9 Å². The van der Waals surface area contributed by atoms with E-state index < -0.39 is 11.4 Å². The lowest BCUT2D eigenvalue weighted by molar-refractivity contribution is 0.103. The summed E-state index contributed by atoms with van der Waals surface area (Å²) in [6.45, 7) is 0. The average Bonchev–Trinajstić information content (AvgIpc) is 2.53. The van der Waals surface area contributed by atoms with Crippen LogP contribution in [-0.4, -0.2) is 12.9 Å². The summed E-state index contributed by atoms with van der Waals surface area (Å²) >= 11 is 0. The maximum Gasteiger partial charge on any atom is 0.351 e. The summed E-state index contributed by atoms with van der Waals surface area (Å²) < 4.78 is 10.5. The molecule has 0 aliphatic carbocycles. The van der Waals surface area contributed by atoms with Gasteiger partial charge in [-0.25, -0.2) is 4.79 Å². The van der Waals surface area contributed by atoms with E-state index in [2.05, 4.69) is 0 Å². The quantitative estimate of drug-likeness (QED) is 0.546. The molecule has 0 amide bonds. The number of benzene rings is 2. The molecule has 0 radical (unpaired) electrons. The second-order valence-corrected chi connectivity index (χ2v) is 4.49. The van der Waals surface area contributed by atoms with Crippen LogP contribution >= 0.6 is 0 Å². The predicted octanol–water partition coefficient (Wildman–Crippen LogP) is 3.03. The molecule has 4 heteroatoms. The third-order valence-corrected chi connectivity index (χ3v) is 3.23. The number of ketones is 1. The molecular formula is C17H12O4. The van der Waals surface area contributed by atoms with Gasteiger partial charge in [-0.1, -0.05) is 42.5 Å². The van der Waals surface area contributed by atoms with Crippen molar-refractivity contribution in [1.29, 1.82) is 0 Å². The number of hydrogen-bond acceptors (Lipinski definition) is 4. The highest BCUT2D eigenvalue weighted by atomic mass is 16.5. The molecule has 1 heterocycles. The highest BCUT2D eigenvalue weighted by Crippen LogP contribution is 2.28. The molecule has 0 spiro atoms. The topological polar surface area (TPSA) is 56.5 Å². The number of ether oxygens (including phenoxy) is 1. The first kappa shape index (κ1) is 13.1. The van der Waals surface area contributed by atoms with Gasteiger partial charge in [0.25, 0.3) is 0 Å². The summed E-state index contributed by atoms with van der Waals surface area (Å²) in [7, 11) is 1.43. The monoisotopic (exact) mass is 280 g/mol. The lowest BCUT2D eigenvalue weighted by Crippen LogP contribution is -2.17. The average molecular weight is 280 g/mol. The van der Waals surface area contributed by atoms with Crippen LogP contribution in [-0.2, 0) is 0 Å². The smallest absolute Gasteiger partial charge is 0.351 e. The van der Waals surface area contributed by atoms with Gasteiger partial charge >= 0.3 is 5.63 Å². The molecule has 2 aromatic carbocycles. The number of methoxy groups -OCH3 is 1. The molecule has 104 valence electrons. The molecule has 1 aromatic heterocycles. The zero-order chi connectivity index (χ0) is 14.8. The zero-order valence-corrected chi connectivity index (χ0v) is 11.3. The largest absolute Gasteiger partial charge is 0.495 e. The predicted molar refractivity (Wildman–Crippen MR) is 78.9 cm³/mol. The Kier molecular flexibility index (Phi) is 3.28. The molecule has 3 rings (SSSR count). The third kappa shape index (κ3) is 2.21. The van der Waals surface area contributed by atoms with Gasteiger partial charge in [-0.2, -0.15) is 0 Å². The molecule has 0 bridgehead atoms. The summed E-state index contributed by atoms with van der Waals surface area (Å²) in [5.41, 5.74) is 0.0316.